The Bertz CT molecular complexity index is 533. The number of rotatable bonds is 2. The minimum absolute atomic E-state index is 0.214. The van der Waals surface area contributed by atoms with Crippen molar-refractivity contribution in [2.75, 3.05) is 0 Å². The third-order valence-electron chi connectivity index (χ3n) is 2.27. The third kappa shape index (κ3) is 1.54. The number of hydrogen-bond acceptors (Lipinski definition) is 4. The molecule has 0 aromatic carbocycles. The first-order chi connectivity index (χ1) is 7.61. The second kappa shape index (κ2) is 3.73. The van der Waals surface area contributed by atoms with Crippen molar-refractivity contribution in [3.63, 3.8) is 0 Å². The summed E-state index contributed by atoms with van der Waals surface area (Å²) < 4.78 is 1.48. The molecule has 1 N–H and O–H groups in total. The Morgan fingerprint density at radius 1 is 1.38 bits per heavy atom. The van der Waals surface area contributed by atoms with E-state index in [1.807, 2.05) is 0 Å². The van der Waals surface area contributed by atoms with E-state index in [0.717, 1.165) is 0 Å². The van der Waals surface area contributed by atoms with Crippen molar-refractivity contribution in [1.29, 1.82) is 0 Å². The molecule has 0 aliphatic rings. The summed E-state index contributed by atoms with van der Waals surface area (Å²) >= 11 is 0. The molecular weight excluding hydrogens is 208 g/mol. The lowest BCUT2D eigenvalue weighted by atomic mass is 10.2. The minimum atomic E-state index is -0.981. The van der Waals surface area contributed by atoms with Crippen molar-refractivity contribution < 1.29 is 9.90 Å². The number of aromatic carboxylic acids is 1. The molecule has 6 nitrogen and oxygen atoms in total. The lowest BCUT2D eigenvalue weighted by Crippen LogP contribution is -2.04. The summed E-state index contributed by atoms with van der Waals surface area (Å²) in [5.74, 6) is -0.472. The van der Waals surface area contributed by atoms with Crippen molar-refractivity contribution in [2.24, 2.45) is 0 Å². The second-order valence-corrected chi connectivity index (χ2v) is 3.33. The normalized spacial score (nSPS) is 10.4. The maximum absolute atomic E-state index is 11.0. The van der Waals surface area contributed by atoms with Gasteiger partial charge < -0.3 is 5.11 Å². The SMILES string of the molecule is Cc1nn(-c2cnccn2)c(C)c1C(=O)O. The largest absolute Gasteiger partial charge is 0.478 e. The third-order valence-corrected chi connectivity index (χ3v) is 2.27. The molecule has 0 unspecified atom stereocenters. The molecule has 2 aromatic heterocycles. The average molecular weight is 218 g/mol. The van der Waals surface area contributed by atoms with Gasteiger partial charge in [-0.3, -0.25) is 4.98 Å². The van der Waals surface area contributed by atoms with E-state index in [1.54, 1.807) is 20.0 Å². The van der Waals surface area contributed by atoms with E-state index in [4.69, 9.17) is 5.11 Å². The molecule has 0 spiro atoms. The highest BCUT2D eigenvalue weighted by molar-refractivity contribution is 5.90. The Morgan fingerprint density at radius 2 is 2.12 bits per heavy atom. The molecule has 0 saturated carbocycles. The summed E-state index contributed by atoms with van der Waals surface area (Å²) in [5.41, 5.74) is 1.23. The first-order valence-electron chi connectivity index (χ1n) is 4.67. The highest BCUT2D eigenvalue weighted by Gasteiger charge is 2.18. The lowest BCUT2D eigenvalue weighted by molar-refractivity contribution is 0.0695. The van der Waals surface area contributed by atoms with Crippen molar-refractivity contribution >= 4 is 5.97 Å². The minimum Gasteiger partial charge on any atom is -0.478 e. The standard InChI is InChI=1S/C10H10N4O2/c1-6-9(10(15)16)7(2)14(13-6)8-5-11-3-4-12-8/h3-5H,1-2H3,(H,15,16). The summed E-state index contributed by atoms with van der Waals surface area (Å²) in [7, 11) is 0. The predicted octanol–water partition coefficient (Wildman–Crippen LogP) is 0.977. The van der Waals surface area contributed by atoms with Gasteiger partial charge >= 0.3 is 5.97 Å². The topological polar surface area (TPSA) is 80.9 Å². The molecule has 0 aliphatic heterocycles. The zero-order valence-electron chi connectivity index (χ0n) is 8.88. The Kier molecular flexibility index (Phi) is 2.40. The first-order valence-corrected chi connectivity index (χ1v) is 4.67. The summed E-state index contributed by atoms with van der Waals surface area (Å²) in [4.78, 5) is 19.0. The molecule has 16 heavy (non-hydrogen) atoms. The van der Waals surface area contributed by atoms with Gasteiger partial charge in [-0.15, -0.1) is 0 Å². The van der Waals surface area contributed by atoms with Crippen LogP contribution in [0.5, 0.6) is 0 Å². The van der Waals surface area contributed by atoms with Gasteiger partial charge in [-0.05, 0) is 13.8 Å². The van der Waals surface area contributed by atoms with Crippen LogP contribution in [0.15, 0.2) is 18.6 Å². The van der Waals surface area contributed by atoms with Crippen LogP contribution >= 0.6 is 0 Å². The molecule has 0 fully saturated rings. The Hall–Kier alpha value is -2.24. The van der Waals surface area contributed by atoms with E-state index in [0.29, 0.717) is 17.2 Å². The molecule has 2 heterocycles. The van der Waals surface area contributed by atoms with Crippen molar-refractivity contribution in [3.8, 4) is 5.82 Å². The number of carboxylic acid groups (broad SMARTS) is 1. The Labute approximate surface area is 91.6 Å². The summed E-state index contributed by atoms with van der Waals surface area (Å²) in [6.07, 6.45) is 4.62. The fraction of sp³-hybridized carbons (Fsp3) is 0.200. The predicted molar refractivity (Wildman–Crippen MR) is 55.6 cm³/mol. The molecule has 0 atom stereocenters. The number of hydrogen-bond donors (Lipinski definition) is 1. The number of aryl methyl sites for hydroxylation is 1. The summed E-state index contributed by atoms with van der Waals surface area (Å²) in [5, 5.41) is 13.2. The van der Waals surface area contributed by atoms with Crippen LogP contribution in [0.3, 0.4) is 0 Å². The first kappa shape index (κ1) is 10.3. The molecule has 0 saturated heterocycles. The fourth-order valence-corrected chi connectivity index (χ4v) is 1.58. The summed E-state index contributed by atoms with van der Waals surface area (Å²) in [6.45, 7) is 3.35. The smallest absolute Gasteiger partial charge is 0.339 e. The van der Waals surface area contributed by atoms with Gasteiger partial charge in [0.15, 0.2) is 5.82 Å². The molecule has 0 amide bonds. The van der Waals surface area contributed by atoms with Gasteiger partial charge in [0.2, 0.25) is 0 Å². The fourth-order valence-electron chi connectivity index (χ4n) is 1.58. The van der Waals surface area contributed by atoms with Crippen LogP contribution in [0.4, 0.5) is 0 Å². The molecule has 82 valence electrons. The number of aromatic nitrogens is 4. The number of nitrogens with zero attached hydrogens (tertiary/aromatic N) is 4. The van der Waals surface area contributed by atoms with Crippen LogP contribution in [-0.2, 0) is 0 Å². The van der Waals surface area contributed by atoms with Crippen molar-refractivity contribution in [3.05, 3.63) is 35.5 Å². The molecule has 0 aliphatic carbocycles. The maximum Gasteiger partial charge on any atom is 0.339 e. The monoisotopic (exact) mass is 218 g/mol. The average Bonchev–Trinajstić information content (AvgIpc) is 2.55. The van der Waals surface area contributed by atoms with E-state index in [9.17, 15) is 4.79 Å². The van der Waals surface area contributed by atoms with E-state index in [2.05, 4.69) is 15.1 Å². The van der Waals surface area contributed by atoms with Crippen LogP contribution in [0, 0.1) is 13.8 Å². The molecule has 6 heteroatoms. The van der Waals surface area contributed by atoms with Crippen LogP contribution in [0.25, 0.3) is 5.82 Å². The second-order valence-electron chi connectivity index (χ2n) is 3.33. The van der Waals surface area contributed by atoms with Crippen LogP contribution in [0.2, 0.25) is 0 Å². The van der Waals surface area contributed by atoms with Gasteiger partial charge in [0.1, 0.15) is 5.56 Å². The van der Waals surface area contributed by atoms with Gasteiger partial charge in [0.25, 0.3) is 0 Å². The van der Waals surface area contributed by atoms with Gasteiger partial charge in [-0.1, -0.05) is 0 Å². The maximum atomic E-state index is 11.0. The number of carbonyl (C=O) groups is 1. The van der Waals surface area contributed by atoms with Gasteiger partial charge in [0.05, 0.1) is 17.6 Å². The van der Waals surface area contributed by atoms with Crippen LogP contribution < -0.4 is 0 Å². The van der Waals surface area contributed by atoms with Crippen LogP contribution in [-0.4, -0.2) is 30.8 Å². The van der Waals surface area contributed by atoms with E-state index >= 15 is 0 Å². The van der Waals surface area contributed by atoms with Crippen LogP contribution in [0.1, 0.15) is 21.7 Å². The lowest BCUT2D eigenvalue weighted by Gasteiger charge is -2.01. The van der Waals surface area contributed by atoms with Crippen molar-refractivity contribution in [1.82, 2.24) is 19.7 Å². The van der Waals surface area contributed by atoms with E-state index < -0.39 is 5.97 Å². The van der Waals surface area contributed by atoms with E-state index in [-0.39, 0.29) is 5.56 Å². The Morgan fingerprint density at radius 3 is 2.62 bits per heavy atom. The summed E-state index contributed by atoms with van der Waals surface area (Å²) in [6, 6.07) is 0. The zero-order chi connectivity index (χ0) is 11.7. The van der Waals surface area contributed by atoms with Gasteiger partial charge in [0, 0.05) is 12.4 Å². The van der Waals surface area contributed by atoms with Crippen molar-refractivity contribution in [2.45, 2.75) is 13.8 Å². The van der Waals surface area contributed by atoms with Gasteiger partial charge in [-0.25, -0.2) is 14.5 Å². The molecule has 2 aromatic rings. The Balaban J connectivity index is 2.61. The molecular formula is C10H10N4O2. The van der Waals surface area contributed by atoms with E-state index in [1.165, 1.54) is 17.1 Å². The quantitative estimate of drug-likeness (QED) is 0.812. The zero-order valence-corrected chi connectivity index (χ0v) is 8.88. The molecule has 2 rings (SSSR count). The highest BCUT2D eigenvalue weighted by atomic mass is 16.4. The molecule has 0 radical (unpaired) electrons. The number of carboxylic acids is 1. The molecule has 0 bridgehead atoms. The van der Waals surface area contributed by atoms with Gasteiger partial charge in [-0.2, -0.15) is 5.10 Å². The highest BCUT2D eigenvalue weighted by Crippen LogP contribution is 2.15.